The van der Waals surface area contributed by atoms with E-state index in [9.17, 15) is 14.7 Å². The molecule has 0 radical (unpaired) electrons. The fourth-order valence-corrected chi connectivity index (χ4v) is 4.69. The van der Waals surface area contributed by atoms with Crippen LogP contribution in [0.4, 0.5) is 5.69 Å². The van der Waals surface area contributed by atoms with Crippen molar-refractivity contribution < 1.29 is 35.2 Å². The summed E-state index contributed by atoms with van der Waals surface area (Å²) in [5.74, 6) is 0.581. The molecule has 6 N–H and O–H groups in total. The first-order valence-corrected chi connectivity index (χ1v) is 11.9. The van der Waals surface area contributed by atoms with E-state index in [1.807, 2.05) is 25.2 Å². The Kier molecular flexibility index (Phi) is 8.95. The highest BCUT2D eigenvalue weighted by Gasteiger charge is 2.29. The number of quaternary nitrogens is 2. The molecule has 1 aliphatic carbocycles. The van der Waals surface area contributed by atoms with Crippen LogP contribution in [-0.2, 0) is 11.2 Å². The van der Waals surface area contributed by atoms with Gasteiger partial charge in [0.2, 0.25) is 11.2 Å². The topological polar surface area (TPSA) is 141 Å². The zero-order chi connectivity index (χ0) is 25.5. The Bertz CT molecular complexity index is 1120. The number of carboxylic acid groups (broad SMARTS) is 1. The number of fused-ring (bicyclic) bond motifs is 3. The van der Waals surface area contributed by atoms with Crippen LogP contribution in [0, 0.1) is 0 Å². The van der Waals surface area contributed by atoms with Gasteiger partial charge in [-0.2, -0.15) is 0 Å². The predicted octanol–water partition coefficient (Wildman–Crippen LogP) is -0.137. The predicted molar refractivity (Wildman–Crippen MR) is 131 cm³/mol. The first-order chi connectivity index (χ1) is 16.9. The Labute approximate surface area is 205 Å². The molecule has 0 amide bonds. The molecule has 0 aliphatic heterocycles. The molecule has 190 valence electrons. The van der Waals surface area contributed by atoms with Crippen LogP contribution in [0.3, 0.4) is 0 Å². The first kappa shape index (κ1) is 26.3. The zero-order valence-electron chi connectivity index (χ0n) is 20.9. The van der Waals surface area contributed by atoms with Crippen molar-refractivity contribution in [3.63, 3.8) is 0 Å². The summed E-state index contributed by atoms with van der Waals surface area (Å²) in [5.41, 5.74) is 7.85. The number of aliphatic carboxylic acids is 1. The Morgan fingerprint density at radius 2 is 1.91 bits per heavy atom. The third kappa shape index (κ3) is 5.68. The monoisotopic (exact) mass is 486 g/mol. The van der Waals surface area contributed by atoms with Crippen LogP contribution in [0.25, 0.3) is 11.1 Å². The van der Waals surface area contributed by atoms with Crippen molar-refractivity contribution in [2.75, 3.05) is 40.2 Å². The van der Waals surface area contributed by atoms with Crippen LogP contribution in [0.15, 0.2) is 29.1 Å². The number of carboxylic acids is 1. The molecule has 2 aromatic rings. The van der Waals surface area contributed by atoms with Gasteiger partial charge in [0.15, 0.2) is 11.5 Å². The number of unbranched alkanes of at least 4 members (excludes halogenated alkanes) is 1. The maximum atomic E-state index is 13.2. The second-order valence-electron chi connectivity index (χ2n) is 8.72. The normalized spacial score (nSPS) is 15.3. The summed E-state index contributed by atoms with van der Waals surface area (Å²) in [6.07, 6.45) is 3.50. The van der Waals surface area contributed by atoms with E-state index in [0.29, 0.717) is 42.3 Å². The number of hydrogen-bond donors (Lipinski definition) is 3. The summed E-state index contributed by atoms with van der Waals surface area (Å²) >= 11 is 0. The molecule has 1 aliphatic rings. The van der Waals surface area contributed by atoms with Crippen molar-refractivity contribution in [3.8, 4) is 28.4 Å². The molecule has 0 saturated heterocycles. The maximum absolute atomic E-state index is 13.2. The van der Waals surface area contributed by atoms with Gasteiger partial charge < -0.3 is 40.5 Å². The third-order valence-electron chi connectivity index (χ3n) is 6.62. The smallest absolute Gasteiger partial charge is 0.203 e. The molecule has 35 heavy (non-hydrogen) atoms. The van der Waals surface area contributed by atoms with Gasteiger partial charge in [0.05, 0.1) is 40.0 Å². The quantitative estimate of drug-likeness (QED) is 0.376. The van der Waals surface area contributed by atoms with Crippen LogP contribution >= 0.6 is 0 Å². The zero-order valence-corrected chi connectivity index (χ0v) is 20.9. The number of nitrogens with two attached hydrogens (primary N) is 1. The van der Waals surface area contributed by atoms with Gasteiger partial charge in [-0.1, -0.05) is 6.07 Å². The molecule has 2 atom stereocenters. The van der Waals surface area contributed by atoms with Crippen LogP contribution < -0.4 is 41.1 Å². The van der Waals surface area contributed by atoms with Gasteiger partial charge in [0.1, 0.15) is 12.1 Å². The van der Waals surface area contributed by atoms with E-state index in [1.54, 1.807) is 27.4 Å². The number of anilines is 1. The molecule has 0 spiro atoms. The van der Waals surface area contributed by atoms with Gasteiger partial charge in [-0.05, 0) is 48.6 Å². The van der Waals surface area contributed by atoms with E-state index in [0.717, 1.165) is 41.5 Å². The minimum atomic E-state index is -1.14. The van der Waals surface area contributed by atoms with E-state index >= 15 is 0 Å². The summed E-state index contributed by atoms with van der Waals surface area (Å²) in [5, 5.41) is 16.2. The summed E-state index contributed by atoms with van der Waals surface area (Å²) in [7, 11) is 6.81. The number of nitrogens with one attached hydrogen (secondary N) is 1. The van der Waals surface area contributed by atoms with Crippen LogP contribution in [-0.4, -0.2) is 46.9 Å². The molecule has 9 nitrogen and oxygen atoms in total. The molecular formula is C26H36N3O6+. The lowest BCUT2D eigenvalue weighted by molar-refractivity contribution is -0.670. The molecule has 2 aromatic carbocycles. The molecular weight excluding hydrogens is 450 g/mol. The Balaban J connectivity index is 2.01. The third-order valence-corrected chi connectivity index (χ3v) is 6.62. The second kappa shape index (κ2) is 11.9. The van der Waals surface area contributed by atoms with E-state index in [2.05, 4.69) is 16.4 Å². The summed E-state index contributed by atoms with van der Waals surface area (Å²) in [4.78, 5) is 24.0. The van der Waals surface area contributed by atoms with Crippen molar-refractivity contribution in [1.29, 1.82) is 0 Å². The summed E-state index contributed by atoms with van der Waals surface area (Å²) < 4.78 is 17.0. The average molecular weight is 487 g/mol. The lowest BCUT2D eigenvalue weighted by atomic mass is 9.95. The van der Waals surface area contributed by atoms with Gasteiger partial charge in [-0.3, -0.25) is 4.79 Å². The van der Waals surface area contributed by atoms with E-state index < -0.39 is 12.0 Å². The van der Waals surface area contributed by atoms with Gasteiger partial charge >= 0.3 is 0 Å². The number of ether oxygens (including phenoxy) is 3. The number of carbonyl (C=O) groups is 1. The number of rotatable bonds is 11. The van der Waals surface area contributed by atoms with Gasteiger partial charge in [0, 0.05) is 30.5 Å². The van der Waals surface area contributed by atoms with Crippen molar-refractivity contribution in [2.24, 2.45) is 0 Å². The van der Waals surface area contributed by atoms with Crippen molar-refractivity contribution in [2.45, 2.75) is 44.2 Å². The van der Waals surface area contributed by atoms with Crippen LogP contribution in [0.1, 0.15) is 42.9 Å². The lowest BCUT2D eigenvalue weighted by Crippen LogP contribution is -2.81. The number of benzene rings is 1. The van der Waals surface area contributed by atoms with Gasteiger partial charge in [0.25, 0.3) is 0 Å². The molecule has 0 saturated carbocycles. The maximum Gasteiger partial charge on any atom is 0.203 e. The van der Waals surface area contributed by atoms with E-state index in [4.69, 9.17) is 14.2 Å². The molecule has 0 fully saturated rings. The molecule has 0 bridgehead atoms. The lowest BCUT2D eigenvalue weighted by Gasteiger charge is -2.19. The highest BCUT2D eigenvalue weighted by molar-refractivity contribution is 5.82. The summed E-state index contributed by atoms with van der Waals surface area (Å²) in [6, 6.07) is 6.87. The molecule has 9 heteroatoms. The van der Waals surface area contributed by atoms with E-state index in [1.165, 1.54) is 0 Å². The first-order valence-electron chi connectivity index (χ1n) is 11.9. The molecule has 0 heterocycles. The molecule has 3 rings (SSSR count). The highest BCUT2D eigenvalue weighted by atomic mass is 16.5. The van der Waals surface area contributed by atoms with Crippen molar-refractivity contribution in [3.05, 3.63) is 45.6 Å². The standard InChI is InChI=1S/C26H35N3O6/c1-28-19-10-8-15-13-22(33-2)24(34-3)25(35-4)23(15)16-9-11-20(21(30)14-17(16)19)29-12-6-5-7-18(27)26(31)32/h9,11,13-14,18-19,28H,5-8,10,12,27H2,1-4H3,(H,29,30)(H,31,32)/p+1/t18-,19-/m0/s1. The number of carbonyl (C=O) groups excluding carboxylic acids is 1. The molecule has 0 unspecified atom stereocenters. The summed E-state index contributed by atoms with van der Waals surface area (Å²) in [6.45, 7) is 0.554. The second-order valence-corrected chi connectivity index (χ2v) is 8.72. The highest BCUT2D eigenvalue weighted by Crippen LogP contribution is 2.49. The minimum absolute atomic E-state index is 0.0919. The Hall–Kier alpha value is -3.30. The fraction of sp³-hybridized carbons (Fsp3) is 0.462. The number of aryl methyl sites for hydroxylation is 1. The Morgan fingerprint density at radius 1 is 1.17 bits per heavy atom. The largest absolute Gasteiger partial charge is 0.544 e. The van der Waals surface area contributed by atoms with Crippen molar-refractivity contribution >= 4 is 11.7 Å². The Morgan fingerprint density at radius 3 is 2.54 bits per heavy atom. The van der Waals surface area contributed by atoms with Gasteiger partial charge in [-0.15, -0.1) is 0 Å². The van der Waals surface area contributed by atoms with Crippen LogP contribution in [0.5, 0.6) is 17.2 Å². The fourth-order valence-electron chi connectivity index (χ4n) is 4.69. The number of methoxy groups -OCH3 is 3. The minimum Gasteiger partial charge on any atom is -0.544 e. The van der Waals surface area contributed by atoms with Crippen LogP contribution in [0.2, 0.25) is 0 Å². The molecule has 0 aromatic heterocycles. The van der Waals surface area contributed by atoms with Crippen molar-refractivity contribution in [1.82, 2.24) is 0 Å². The van der Waals surface area contributed by atoms with Gasteiger partial charge in [-0.25, -0.2) is 0 Å². The SMILES string of the molecule is C[NH2+][C@H]1CCc2cc(OC)c(OC)c(OC)c2-c2ccc(NCCCC[C@H]([NH3+])C(=O)[O-])c(=O)cc21. The average Bonchev–Trinajstić information content (AvgIpc) is 3.10. The number of hydrogen-bond acceptors (Lipinski definition) is 7. The van der Waals surface area contributed by atoms with E-state index in [-0.39, 0.29) is 11.5 Å².